The highest BCUT2D eigenvalue weighted by molar-refractivity contribution is 5.79. The summed E-state index contributed by atoms with van der Waals surface area (Å²) < 4.78 is 10.0. The normalized spacial score (nSPS) is 9.62. The van der Waals surface area contributed by atoms with E-state index in [-0.39, 0.29) is 0 Å². The minimum atomic E-state index is 0.760. The summed E-state index contributed by atoms with van der Waals surface area (Å²) in [5, 5.41) is 1.11. The van der Waals surface area contributed by atoms with Gasteiger partial charge in [0.25, 0.3) is 0 Å². The topological polar surface area (TPSA) is 57.4 Å². The van der Waals surface area contributed by atoms with E-state index in [4.69, 9.17) is 15.2 Å². The zero-order valence-corrected chi connectivity index (χ0v) is 12.1. The van der Waals surface area contributed by atoms with Crippen molar-refractivity contribution < 1.29 is 9.47 Å². The molecule has 0 spiro atoms. The number of aromatic nitrogens is 1. The molecule has 0 amide bonds. The molecule has 0 bridgehead atoms. The lowest BCUT2D eigenvalue weighted by Gasteiger charge is -2.00. The van der Waals surface area contributed by atoms with Crippen LogP contribution in [0.1, 0.15) is 0 Å². The third-order valence-electron chi connectivity index (χ3n) is 2.93. The van der Waals surface area contributed by atoms with Crippen LogP contribution in [0, 0.1) is 0 Å². The SMILES string of the molecule is COc1ccc(N)cc1.COc1ccc2ncccc2c1. The van der Waals surface area contributed by atoms with Crippen molar-refractivity contribution in [3.05, 3.63) is 60.8 Å². The van der Waals surface area contributed by atoms with Gasteiger partial charge in [-0.15, -0.1) is 0 Å². The molecule has 0 fully saturated rings. The zero-order valence-electron chi connectivity index (χ0n) is 12.1. The molecule has 3 aromatic rings. The number of anilines is 1. The summed E-state index contributed by atoms with van der Waals surface area (Å²) in [6.07, 6.45) is 1.79. The van der Waals surface area contributed by atoms with Gasteiger partial charge in [-0.25, -0.2) is 0 Å². The molecule has 0 saturated carbocycles. The lowest BCUT2D eigenvalue weighted by Crippen LogP contribution is -1.84. The Kier molecular flexibility index (Phi) is 4.99. The predicted octanol–water partition coefficient (Wildman–Crippen LogP) is 3.52. The average molecular weight is 282 g/mol. The number of fused-ring (bicyclic) bond motifs is 1. The van der Waals surface area contributed by atoms with E-state index in [1.165, 1.54) is 0 Å². The van der Waals surface area contributed by atoms with Crippen LogP contribution in [-0.2, 0) is 0 Å². The monoisotopic (exact) mass is 282 g/mol. The van der Waals surface area contributed by atoms with Crippen molar-refractivity contribution in [3.63, 3.8) is 0 Å². The number of methoxy groups -OCH3 is 2. The average Bonchev–Trinajstić information content (AvgIpc) is 2.55. The van der Waals surface area contributed by atoms with Crippen molar-refractivity contribution in [2.75, 3.05) is 20.0 Å². The number of ether oxygens (including phenoxy) is 2. The molecule has 4 nitrogen and oxygen atoms in total. The third-order valence-corrected chi connectivity index (χ3v) is 2.93. The molecule has 0 aliphatic heterocycles. The van der Waals surface area contributed by atoms with Gasteiger partial charge in [0.15, 0.2) is 0 Å². The van der Waals surface area contributed by atoms with E-state index >= 15 is 0 Å². The van der Waals surface area contributed by atoms with Gasteiger partial charge in [-0.3, -0.25) is 4.98 Å². The number of nitrogen functional groups attached to an aromatic ring is 1. The molecule has 0 aliphatic carbocycles. The first-order chi connectivity index (χ1) is 10.2. The third kappa shape index (κ3) is 4.11. The summed E-state index contributed by atoms with van der Waals surface area (Å²) in [5.74, 6) is 1.71. The van der Waals surface area contributed by atoms with Crippen LogP contribution in [0.4, 0.5) is 5.69 Å². The molecular weight excluding hydrogens is 264 g/mol. The van der Waals surface area contributed by atoms with Crippen LogP contribution in [0.15, 0.2) is 60.8 Å². The summed E-state index contributed by atoms with van der Waals surface area (Å²) in [4.78, 5) is 4.20. The standard InChI is InChI=1S/C10H9NO.C7H9NO/c1-12-9-4-5-10-8(7-9)3-2-6-11-10;1-9-7-4-2-6(8)3-5-7/h2-7H,1H3;2-5H,8H2,1H3. The first-order valence-corrected chi connectivity index (χ1v) is 6.51. The largest absolute Gasteiger partial charge is 0.497 e. The van der Waals surface area contributed by atoms with Gasteiger partial charge in [0, 0.05) is 17.3 Å². The lowest BCUT2D eigenvalue weighted by atomic mass is 10.2. The van der Waals surface area contributed by atoms with E-state index in [1.807, 2.05) is 42.5 Å². The Morgan fingerprint density at radius 2 is 1.52 bits per heavy atom. The van der Waals surface area contributed by atoms with Crippen LogP contribution in [0.2, 0.25) is 0 Å². The molecule has 0 atom stereocenters. The second-order valence-corrected chi connectivity index (χ2v) is 4.34. The summed E-state index contributed by atoms with van der Waals surface area (Å²) in [5.41, 5.74) is 7.18. The molecule has 2 aromatic carbocycles. The molecule has 21 heavy (non-hydrogen) atoms. The van der Waals surface area contributed by atoms with Crippen LogP contribution in [0.3, 0.4) is 0 Å². The number of rotatable bonds is 2. The van der Waals surface area contributed by atoms with Crippen molar-refractivity contribution in [1.29, 1.82) is 0 Å². The second kappa shape index (κ2) is 7.14. The smallest absolute Gasteiger partial charge is 0.119 e. The van der Waals surface area contributed by atoms with Gasteiger partial charge in [-0.1, -0.05) is 6.07 Å². The predicted molar refractivity (Wildman–Crippen MR) is 85.7 cm³/mol. The molecule has 3 rings (SSSR count). The van der Waals surface area contributed by atoms with E-state index in [9.17, 15) is 0 Å². The van der Waals surface area contributed by atoms with Gasteiger partial charge in [-0.2, -0.15) is 0 Å². The van der Waals surface area contributed by atoms with E-state index in [0.717, 1.165) is 28.1 Å². The quantitative estimate of drug-likeness (QED) is 0.731. The van der Waals surface area contributed by atoms with Crippen LogP contribution in [0.25, 0.3) is 10.9 Å². The number of hydrogen-bond acceptors (Lipinski definition) is 4. The molecule has 0 unspecified atom stereocenters. The Labute approximate surface area is 124 Å². The van der Waals surface area contributed by atoms with Gasteiger partial charge in [0.05, 0.1) is 19.7 Å². The van der Waals surface area contributed by atoms with E-state index in [2.05, 4.69) is 4.98 Å². The summed E-state index contributed by atoms with van der Waals surface area (Å²) in [6.45, 7) is 0. The maximum Gasteiger partial charge on any atom is 0.119 e. The molecule has 1 aromatic heterocycles. The summed E-state index contributed by atoms with van der Waals surface area (Å²) >= 11 is 0. The van der Waals surface area contributed by atoms with Gasteiger partial charge >= 0.3 is 0 Å². The Bertz CT molecular complexity index is 696. The van der Waals surface area contributed by atoms with Gasteiger partial charge in [-0.05, 0) is 48.5 Å². The number of pyridine rings is 1. The summed E-state index contributed by atoms with van der Waals surface area (Å²) in [7, 11) is 3.29. The van der Waals surface area contributed by atoms with E-state index in [0.29, 0.717) is 0 Å². The van der Waals surface area contributed by atoms with Crippen molar-refractivity contribution in [3.8, 4) is 11.5 Å². The van der Waals surface area contributed by atoms with Crippen molar-refractivity contribution in [2.45, 2.75) is 0 Å². The molecular formula is C17H18N2O2. The van der Waals surface area contributed by atoms with Gasteiger partial charge in [0.1, 0.15) is 11.5 Å². The fraction of sp³-hybridized carbons (Fsp3) is 0.118. The molecule has 0 radical (unpaired) electrons. The van der Waals surface area contributed by atoms with Crippen LogP contribution >= 0.6 is 0 Å². The molecule has 1 heterocycles. The fourth-order valence-corrected chi connectivity index (χ4v) is 1.78. The number of nitrogens with zero attached hydrogens (tertiary/aromatic N) is 1. The Morgan fingerprint density at radius 1 is 0.857 bits per heavy atom. The summed E-state index contributed by atoms with van der Waals surface area (Å²) in [6, 6.07) is 17.0. The maximum absolute atomic E-state index is 5.43. The van der Waals surface area contributed by atoms with Gasteiger partial charge < -0.3 is 15.2 Å². The minimum absolute atomic E-state index is 0.760. The minimum Gasteiger partial charge on any atom is -0.497 e. The highest BCUT2D eigenvalue weighted by Gasteiger charge is 1.94. The second-order valence-electron chi connectivity index (χ2n) is 4.34. The fourth-order valence-electron chi connectivity index (χ4n) is 1.78. The number of nitrogens with two attached hydrogens (primary N) is 1. The zero-order chi connectivity index (χ0) is 15.1. The Hall–Kier alpha value is -2.75. The first-order valence-electron chi connectivity index (χ1n) is 6.51. The number of hydrogen-bond donors (Lipinski definition) is 1. The van der Waals surface area contributed by atoms with E-state index in [1.54, 1.807) is 32.5 Å². The van der Waals surface area contributed by atoms with Crippen molar-refractivity contribution in [2.24, 2.45) is 0 Å². The van der Waals surface area contributed by atoms with Crippen LogP contribution in [-0.4, -0.2) is 19.2 Å². The Balaban J connectivity index is 0.000000161. The number of benzene rings is 2. The molecule has 4 heteroatoms. The van der Waals surface area contributed by atoms with Gasteiger partial charge in [0.2, 0.25) is 0 Å². The molecule has 0 aliphatic rings. The van der Waals surface area contributed by atoms with Crippen molar-refractivity contribution >= 4 is 16.6 Å². The van der Waals surface area contributed by atoms with Crippen LogP contribution in [0.5, 0.6) is 11.5 Å². The molecule has 108 valence electrons. The highest BCUT2D eigenvalue weighted by atomic mass is 16.5. The Morgan fingerprint density at radius 3 is 2.19 bits per heavy atom. The molecule has 0 saturated heterocycles. The van der Waals surface area contributed by atoms with Crippen LogP contribution < -0.4 is 15.2 Å². The first kappa shape index (κ1) is 14.7. The maximum atomic E-state index is 5.43. The lowest BCUT2D eigenvalue weighted by molar-refractivity contribution is 0.415. The van der Waals surface area contributed by atoms with E-state index < -0.39 is 0 Å². The molecule has 2 N–H and O–H groups in total. The highest BCUT2D eigenvalue weighted by Crippen LogP contribution is 2.17. The van der Waals surface area contributed by atoms with Crippen molar-refractivity contribution in [1.82, 2.24) is 4.98 Å².